The van der Waals surface area contributed by atoms with E-state index in [1.165, 1.54) is 0 Å². The summed E-state index contributed by atoms with van der Waals surface area (Å²) in [6.45, 7) is 2.36. The Morgan fingerprint density at radius 1 is 1.33 bits per heavy atom. The first-order valence-corrected chi connectivity index (χ1v) is 8.30. The van der Waals surface area contributed by atoms with Crippen LogP contribution >= 0.6 is 15.9 Å². The fourth-order valence-electron chi connectivity index (χ4n) is 2.87. The quantitative estimate of drug-likeness (QED) is 0.892. The Kier molecular flexibility index (Phi) is 3.21. The normalized spacial score (nSPS) is 28.5. The lowest BCUT2D eigenvalue weighted by Crippen LogP contribution is -2.38. The van der Waals surface area contributed by atoms with Crippen molar-refractivity contribution in [3.05, 3.63) is 28.7 Å². The molecular weight excluding hydrogens is 316 g/mol. The minimum Gasteiger partial charge on any atom is -0.315 e. The first-order chi connectivity index (χ1) is 8.59. The molecule has 2 fully saturated rings. The largest absolute Gasteiger partial charge is 0.315 e. The zero-order valence-corrected chi connectivity index (χ0v) is 12.2. The standard InChI is InChI=1S/C12H15BrN2O2S/c13-10-2-1-3-11(6-10)18(16,17)15-5-4-9-7-14-8-12(9)15/h1-3,6,9,12,14H,4-5,7-8H2/t9-,12+/m1/s1. The van der Waals surface area contributed by atoms with E-state index in [0.717, 1.165) is 24.0 Å². The molecule has 0 unspecified atom stereocenters. The van der Waals surface area contributed by atoms with Gasteiger partial charge in [0.05, 0.1) is 4.90 Å². The van der Waals surface area contributed by atoms with E-state index in [1.54, 1.807) is 22.5 Å². The second-order valence-corrected chi connectivity index (χ2v) is 7.65. The first-order valence-electron chi connectivity index (χ1n) is 6.07. The topological polar surface area (TPSA) is 49.4 Å². The fourth-order valence-corrected chi connectivity index (χ4v) is 5.17. The molecule has 0 aliphatic carbocycles. The van der Waals surface area contributed by atoms with Crippen molar-refractivity contribution in [1.82, 2.24) is 9.62 Å². The zero-order chi connectivity index (χ0) is 12.8. The van der Waals surface area contributed by atoms with Crippen molar-refractivity contribution in [1.29, 1.82) is 0 Å². The third kappa shape index (κ3) is 2.01. The van der Waals surface area contributed by atoms with Gasteiger partial charge in [-0.3, -0.25) is 0 Å². The van der Waals surface area contributed by atoms with Crippen LogP contribution in [0.3, 0.4) is 0 Å². The Labute approximate surface area is 116 Å². The van der Waals surface area contributed by atoms with Crippen molar-refractivity contribution in [2.24, 2.45) is 5.92 Å². The number of halogens is 1. The molecule has 2 heterocycles. The molecule has 0 spiro atoms. The van der Waals surface area contributed by atoms with Crippen LogP contribution in [0.25, 0.3) is 0 Å². The van der Waals surface area contributed by atoms with Gasteiger partial charge in [-0.1, -0.05) is 22.0 Å². The highest BCUT2D eigenvalue weighted by Gasteiger charge is 2.43. The lowest BCUT2D eigenvalue weighted by atomic mass is 10.1. The van der Waals surface area contributed by atoms with Gasteiger partial charge in [-0.25, -0.2) is 8.42 Å². The highest BCUT2D eigenvalue weighted by molar-refractivity contribution is 9.10. The van der Waals surface area contributed by atoms with Gasteiger partial charge in [-0.15, -0.1) is 0 Å². The highest BCUT2D eigenvalue weighted by atomic mass is 79.9. The molecule has 2 aliphatic heterocycles. The van der Waals surface area contributed by atoms with Crippen molar-refractivity contribution >= 4 is 26.0 Å². The molecule has 2 atom stereocenters. The molecule has 3 rings (SSSR count). The second-order valence-electron chi connectivity index (χ2n) is 4.85. The van der Waals surface area contributed by atoms with E-state index in [0.29, 0.717) is 17.4 Å². The summed E-state index contributed by atoms with van der Waals surface area (Å²) in [5.41, 5.74) is 0. The Balaban J connectivity index is 1.95. The number of fused-ring (bicyclic) bond motifs is 1. The maximum atomic E-state index is 12.6. The minimum absolute atomic E-state index is 0.133. The molecule has 2 saturated heterocycles. The lowest BCUT2D eigenvalue weighted by molar-refractivity contribution is 0.383. The van der Waals surface area contributed by atoms with Crippen molar-refractivity contribution in [2.75, 3.05) is 19.6 Å². The van der Waals surface area contributed by atoms with E-state index in [-0.39, 0.29) is 6.04 Å². The van der Waals surface area contributed by atoms with E-state index in [2.05, 4.69) is 21.2 Å². The number of hydrogen-bond donors (Lipinski definition) is 1. The van der Waals surface area contributed by atoms with Crippen LogP contribution in [0, 0.1) is 5.92 Å². The van der Waals surface area contributed by atoms with Gasteiger partial charge in [-0.2, -0.15) is 4.31 Å². The molecule has 0 saturated carbocycles. The molecule has 6 heteroatoms. The number of benzene rings is 1. The average Bonchev–Trinajstić information content (AvgIpc) is 2.90. The SMILES string of the molecule is O=S(=O)(c1cccc(Br)c1)N1CC[C@@H]2CNC[C@@H]21. The molecular formula is C12H15BrN2O2S. The second kappa shape index (κ2) is 4.59. The van der Waals surface area contributed by atoms with E-state index in [9.17, 15) is 8.42 Å². The molecule has 1 aromatic carbocycles. The summed E-state index contributed by atoms with van der Waals surface area (Å²) in [6.07, 6.45) is 0.963. The summed E-state index contributed by atoms with van der Waals surface area (Å²) in [6, 6.07) is 7.07. The fraction of sp³-hybridized carbons (Fsp3) is 0.500. The van der Waals surface area contributed by atoms with Crippen LogP contribution in [0.15, 0.2) is 33.6 Å². The molecule has 2 aliphatic rings. The number of nitrogens with zero attached hydrogens (tertiary/aromatic N) is 1. The molecule has 1 N–H and O–H groups in total. The van der Waals surface area contributed by atoms with E-state index >= 15 is 0 Å². The maximum Gasteiger partial charge on any atom is 0.243 e. The number of rotatable bonds is 2. The van der Waals surface area contributed by atoms with Gasteiger partial charge >= 0.3 is 0 Å². The molecule has 0 radical (unpaired) electrons. The average molecular weight is 331 g/mol. The van der Waals surface area contributed by atoms with Crippen LogP contribution in [-0.2, 0) is 10.0 Å². The lowest BCUT2D eigenvalue weighted by Gasteiger charge is -2.22. The molecule has 18 heavy (non-hydrogen) atoms. The van der Waals surface area contributed by atoms with E-state index in [1.807, 2.05) is 6.07 Å². The number of nitrogens with one attached hydrogen (secondary N) is 1. The first kappa shape index (κ1) is 12.6. The smallest absolute Gasteiger partial charge is 0.243 e. The maximum absolute atomic E-state index is 12.6. The highest BCUT2D eigenvalue weighted by Crippen LogP contribution is 2.32. The summed E-state index contributed by atoms with van der Waals surface area (Å²) in [5.74, 6) is 0.479. The van der Waals surface area contributed by atoms with Gasteiger partial charge in [0.2, 0.25) is 10.0 Å². The molecule has 0 bridgehead atoms. The summed E-state index contributed by atoms with van der Waals surface area (Å²) in [7, 11) is -3.35. The van der Waals surface area contributed by atoms with Gasteiger partial charge in [0.25, 0.3) is 0 Å². The van der Waals surface area contributed by atoms with E-state index < -0.39 is 10.0 Å². The number of hydrogen-bond acceptors (Lipinski definition) is 3. The number of sulfonamides is 1. The predicted molar refractivity (Wildman–Crippen MR) is 72.8 cm³/mol. The summed E-state index contributed by atoms with van der Waals surface area (Å²) < 4.78 is 27.7. The zero-order valence-electron chi connectivity index (χ0n) is 9.84. The molecule has 1 aromatic rings. The van der Waals surface area contributed by atoms with E-state index in [4.69, 9.17) is 0 Å². The van der Waals surface area contributed by atoms with Crippen LogP contribution in [0.4, 0.5) is 0 Å². The van der Waals surface area contributed by atoms with Crippen LogP contribution < -0.4 is 5.32 Å². The Bertz CT molecular complexity index is 561. The van der Waals surface area contributed by atoms with Gasteiger partial charge < -0.3 is 5.32 Å². The van der Waals surface area contributed by atoms with Crippen molar-refractivity contribution in [3.8, 4) is 0 Å². The van der Waals surface area contributed by atoms with Crippen LogP contribution in [0.2, 0.25) is 0 Å². The van der Waals surface area contributed by atoms with Gasteiger partial charge in [-0.05, 0) is 37.1 Å². The van der Waals surface area contributed by atoms with Crippen LogP contribution in [-0.4, -0.2) is 38.4 Å². The van der Waals surface area contributed by atoms with Gasteiger partial charge in [0, 0.05) is 23.6 Å². The minimum atomic E-state index is -3.35. The molecule has 4 nitrogen and oxygen atoms in total. The van der Waals surface area contributed by atoms with Crippen LogP contribution in [0.5, 0.6) is 0 Å². The summed E-state index contributed by atoms with van der Waals surface area (Å²) in [4.78, 5) is 0.379. The third-order valence-electron chi connectivity index (χ3n) is 3.80. The summed E-state index contributed by atoms with van der Waals surface area (Å²) in [5, 5.41) is 3.27. The monoisotopic (exact) mass is 330 g/mol. The molecule has 0 aromatic heterocycles. The van der Waals surface area contributed by atoms with Crippen molar-refractivity contribution in [2.45, 2.75) is 17.4 Å². The van der Waals surface area contributed by atoms with Crippen molar-refractivity contribution < 1.29 is 8.42 Å². The molecule has 0 amide bonds. The van der Waals surface area contributed by atoms with Gasteiger partial charge in [0.1, 0.15) is 0 Å². The molecule has 98 valence electrons. The van der Waals surface area contributed by atoms with Gasteiger partial charge in [0.15, 0.2) is 0 Å². The van der Waals surface area contributed by atoms with Crippen LogP contribution in [0.1, 0.15) is 6.42 Å². The van der Waals surface area contributed by atoms with Crippen molar-refractivity contribution in [3.63, 3.8) is 0 Å². The third-order valence-corrected chi connectivity index (χ3v) is 6.21. The summed E-state index contributed by atoms with van der Waals surface area (Å²) >= 11 is 3.32. The Morgan fingerprint density at radius 3 is 2.94 bits per heavy atom. The Hall–Kier alpha value is -0.430. The predicted octanol–water partition coefficient (Wildman–Crippen LogP) is 1.43. The Morgan fingerprint density at radius 2 is 2.17 bits per heavy atom.